The average Bonchev–Trinajstić information content (AvgIpc) is 4.11. The van der Waals surface area contributed by atoms with E-state index in [9.17, 15) is 9.59 Å². The number of rotatable bonds is 30. The van der Waals surface area contributed by atoms with Gasteiger partial charge in [-0.3, -0.25) is 0 Å². The van der Waals surface area contributed by atoms with Gasteiger partial charge in [0.05, 0.1) is 57.5 Å². The van der Waals surface area contributed by atoms with Gasteiger partial charge in [0.2, 0.25) is 0 Å². The average molecular weight is 931 g/mol. The lowest BCUT2D eigenvalue weighted by Gasteiger charge is -2.18. The molecule has 4 aromatic rings. The van der Waals surface area contributed by atoms with Crippen molar-refractivity contribution in [2.45, 2.75) is 114 Å². The van der Waals surface area contributed by atoms with Gasteiger partial charge in [-0.1, -0.05) is 36.4 Å². The fraction of sp³-hybridized carbons (Fsp3) is 0.491. The van der Waals surface area contributed by atoms with E-state index in [-0.39, 0.29) is 30.9 Å². The monoisotopic (exact) mass is 930 g/mol. The molecule has 0 bridgehead atoms. The normalized spacial score (nSPS) is 23.0. The molecule has 360 valence electrons. The Kier molecular flexibility index (Phi) is 15.6. The third-order valence-corrected chi connectivity index (χ3v) is 12.9. The molecular formula is C55H62O13. The van der Waals surface area contributed by atoms with E-state index in [1.165, 1.54) is 28.8 Å². The molecule has 6 unspecified atom stereocenters. The van der Waals surface area contributed by atoms with E-state index in [2.05, 4.69) is 24.3 Å². The molecule has 0 N–H and O–H groups in total. The van der Waals surface area contributed by atoms with Crippen LogP contribution >= 0.6 is 0 Å². The standard InChI is InChI=1S/C55H62O13/c56-51(20-16-36-11-13-41(27-45-31-62-45)49(28-46-32-63-46)48(36)9-3-6-23-59-54-35-66-54)67-42-18-14-40-26-43(19-15-39(40)25-42)68-52(57)21-17-37-10-12-38(7-1-4-22-58-53-34-65-53)55(50(37)29-47-33-64-47)60-24-5-2-8-44-30-61-44/h10-21,25-26,44-47,53-54H,1-9,22-24,27-35H2/b20-16+,21-17+. The zero-order chi connectivity index (χ0) is 46.1. The number of unbranched alkanes of at least 4 members (excludes halogenated alkanes) is 3. The van der Waals surface area contributed by atoms with Crippen molar-refractivity contribution in [1.29, 1.82) is 0 Å². The van der Waals surface area contributed by atoms with Crippen LogP contribution in [-0.4, -0.2) is 108 Å². The highest BCUT2D eigenvalue weighted by Crippen LogP contribution is 2.35. The van der Waals surface area contributed by atoms with Gasteiger partial charge in [-0.05, 0) is 138 Å². The molecule has 10 rings (SSSR count). The van der Waals surface area contributed by atoms with Crippen LogP contribution in [0.25, 0.3) is 22.9 Å². The van der Waals surface area contributed by atoms with E-state index in [1.54, 1.807) is 18.2 Å². The van der Waals surface area contributed by atoms with Gasteiger partial charge in [0.1, 0.15) is 30.5 Å². The smallest absolute Gasteiger partial charge is 0.336 e. The summed E-state index contributed by atoms with van der Waals surface area (Å²) in [6.07, 6.45) is 18.5. The maximum Gasteiger partial charge on any atom is 0.336 e. The van der Waals surface area contributed by atoms with Crippen LogP contribution < -0.4 is 14.2 Å². The summed E-state index contributed by atoms with van der Waals surface area (Å²) in [5.74, 6) is 0.742. The van der Waals surface area contributed by atoms with E-state index in [4.69, 9.17) is 52.1 Å². The number of fused-ring (bicyclic) bond motifs is 1. The van der Waals surface area contributed by atoms with Crippen LogP contribution in [0.3, 0.4) is 0 Å². The lowest BCUT2D eigenvalue weighted by Crippen LogP contribution is -2.09. The van der Waals surface area contributed by atoms with Gasteiger partial charge >= 0.3 is 11.9 Å². The Labute approximate surface area is 397 Å². The van der Waals surface area contributed by atoms with Crippen molar-refractivity contribution in [3.05, 3.63) is 112 Å². The Morgan fingerprint density at radius 3 is 1.59 bits per heavy atom. The molecule has 4 aromatic carbocycles. The minimum atomic E-state index is -0.496. The predicted molar refractivity (Wildman–Crippen MR) is 253 cm³/mol. The van der Waals surface area contributed by atoms with Crippen molar-refractivity contribution in [3.8, 4) is 17.2 Å². The van der Waals surface area contributed by atoms with Gasteiger partial charge in [0, 0.05) is 50.2 Å². The molecule has 6 heterocycles. The van der Waals surface area contributed by atoms with Crippen LogP contribution in [0, 0.1) is 0 Å². The largest absolute Gasteiger partial charge is 0.493 e. The molecule has 6 fully saturated rings. The number of ether oxygens (including phenoxy) is 11. The van der Waals surface area contributed by atoms with Crippen molar-refractivity contribution in [2.24, 2.45) is 0 Å². The Hall–Kier alpha value is -4.96. The SMILES string of the molecule is O=C(/C=C/c1ccc(CC2CO2)c(CC2CO2)c1CCCCOC1CO1)Oc1ccc2cc(OC(=O)/C=C/c3ccc(CCCCOC4CO4)c(OCCCCC4CO4)c3CC3CO3)ccc2c1. The van der Waals surface area contributed by atoms with Gasteiger partial charge in [0.25, 0.3) is 0 Å². The Morgan fingerprint density at radius 1 is 0.500 bits per heavy atom. The van der Waals surface area contributed by atoms with Crippen LogP contribution in [0.15, 0.2) is 72.8 Å². The van der Waals surface area contributed by atoms with Crippen LogP contribution in [0.1, 0.15) is 83.9 Å². The number of carbonyl (C=O) groups is 2. The highest BCUT2D eigenvalue weighted by atomic mass is 16.8. The molecule has 13 nitrogen and oxygen atoms in total. The third-order valence-electron chi connectivity index (χ3n) is 12.9. The number of epoxide rings is 6. The second kappa shape index (κ2) is 22.6. The summed E-state index contributed by atoms with van der Waals surface area (Å²) in [6, 6.07) is 19.2. The number of hydrogen-bond acceptors (Lipinski definition) is 13. The molecule has 0 aliphatic carbocycles. The first-order chi connectivity index (χ1) is 33.5. The van der Waals surface area contributed by atoms with Gasteiger partial charge in [0.15, 0.2) is 12.6 Å². The molecule has 6 aliphatic heterocycles. The molecule has 0 amide bonds. The molecule has 0 aromatic heterocycles. The predicted octanol–water partition coefficient (Wildman–Crippen LogP) is 8.24. The van der Waals surface area contributed by atoms with Crippen molar-refractivity contribution < 1.29 is 61.7 Å². The summed E-state index contributed by atoms with van der Waals surface area (Å²) in [4.78, 5) is 26.6. The molecule has 6 aliphatic rings. The Balaban J connectivity index is 0.770. The number of aryl methyl sites for hydroxylation is 1. The van der Waals surface area contributed by atoms with Crippen molar-refractivity contribution in [3.63, 3.8) is 0 Å². The topological polar surface area (TPSA) is 155 Å². The summed E-state index contributed by atoms with van der Waals surface area (Å²) in [7, 11) is 0. The second-order valence-electron chi connectivity index (χ2n) is 18.5. The summed E-state index contributed by atoms with van der Waals surface area (Å²) < 4.78 is 62.2. The first-order valence-electron chi connectivity index (χ1n) is 24.6. The van der Waals surface area contributed by atoms with Crippen LogP contribution in [-0.2, 0) is 79.6 Å². The van der Waals surface area contributed by atoms with E-state index in [0.29, 0.717) is 63.7 Å². The summed E-state index contributed by atoms with van der Waals surface area (Å²) in [6.45, 7) is 6.44. The highest BCUT2D eigenvalue weighted by Gasteiger charge is 2.30. The van der Waals surface area contributed by atoms with Gasteiger partial charge < -0.3 is 52.1 Å². The van der Waals surface area contributed by atoms with E-state index < -0.39 is 11.9 Å². The maximum atomic E-state index is 13.3. The van der Waals surface area contributed by atoms with Gasteiger partial charge in [-0.2, -0.15) is 0 Å². The van der Waals surface area contributed by atoms with E-state index in [0.717, 1.165) is 129 Å². The molecule has 0 radical (unpaired) electrons. The zero-order valence-electron chi connectivity index (χ0n) is 38.7. The summed E-state index contributed by atoms with van der Waals surface area (Å²) in [5, 5.41) is 1.67. The quantitative estimate of drug-likeness (QED) is 0.0162. The van der Waals surface area contributed by atoms with Crippen molar-refractivity contribution >= 4 is 34.9 Å². The number of hydrogen-bond donors (Lipinski definition) is 0. The molecular weight excluding hydrogens is 869 g/mol. The third kappa shape index (κ3) is 14.5. The minimum absolute atomic E-state index is 0.0332. The molecule has 6 saturated heterocycles. The fourth-order valence-electron chi connectivity index (χ4n) is 8.70. The lowest BCUT2D eigenvalue weighted by molar-refractivity contribution is -0.129. The number of benzene rings is 4. The molecule has 6 atom stereocenters. The highest BCUT2D eigenvalue weighted by molar-refractivity contribution is 5.92. The molecule has 68 heavy (non-hydrogen) atoms. The van der Waals surface area contributed by atoms with Crippen LogP contribution in [0.2, 0.25) is 0 Å². The second-order valence-corrected chi connectivity index (χ2v) is 18.5. The van der Waals surface area contributed by atoms with Crippen molar-refractivity contribution in [1.82, 2.24) is 0 Å². The number of carbonyl (C=O) groups excluding carboxylic acids is 2. The Bertz CT molecular complexity index is 2440. The Morgan fingerprint density at radius 2 is 1.01 bits per heavy atom. The van der Waals surface area contributed by atoms with Crippen LogP contribution in [0.5, 0.6) is 17.2 Å². The van der Waals surface area contributed by atoms with E-state index >= 15 is 0 Å². The molecule has 0 saturated carbocycles. The fourth-order valence-corrected chi connectivity index (χ4v) is 8.70. The zero-order valence-corrected chi connectivity index (χ0v) is 38.7. The molecule has 0 spiro atoms. The van der Waals surface area contributed by atoms with Crippen LogP contribution in [0.4, 0.5) is 0 Å². The van der Waals surface area contributed by atoms with Gasteiger partial charge in [-0.25, -0.2) is 9.59 Å². The summed E-state index contributed by atoms with van der Waals surface area (Å²) >= 11 is 0. The summed E-state index contributed by atoms with van der Waals surface area (Å²) in [5.41, 5.74) is 7.92. The lowest BCUT2D eigenvalue weighted by atomic mass is 9.88. The molecule has 13 heteroatoms. The van der Waals surface area contributed by atoms with Gasteiger partial charge in [-0.15, -0.1) is 0 Å². The number of esters is 2. The minimum Gasteiger partial charge on any atom is -0.493 e. The van der Waals surface area contributed by atoms with Crippen molar-refractivity contribution in [2.75, 3.05) is 59.5 Å². The first-order valence-corrected chi connectivity index (χ1v) is 24.6. The first kappa shape index (κ1) is 46.8. The van der Waals surface area contributed by atoms with E-state index in [1.807, 2.05) is 30.4 Å². The maximum absolute atomic E-state index is 13.3.